The van der Waals surface area contributed by atoms with Crippen LogP contribution in [-0.2, 0) is 9.53 Å². The summed E-state index contributed by atoms with van der Waals surface area (Å²) in [4.78, 5) is 24.4. The number of hydrogen-bond acceptors (Lipinski definition) is 13. The largest absolute Gasteiger partial charge is 0.508 e. The number of aliphatic hydroxyl groups is 4. The van der Waals surface area contributed by atoms with Crippen LogP contribution in [0.15, 0.2) is 45.6 Å². The van der Waals surface area contributed by atoms with E-state index in [1.807, 2.05) is 0 Å². The minimum atomic E-state index is -3.47. The number of phenols is 3. The van der Waals surface area contributed by atoms with Crippen molar-refractivity contribution in [3.8, 4) is 34.3 Å². The normalized spacial score (nSPS) is 25.5. The minimum Gasteiger partial charge on any atom is -0.508 e. The molecule has 0 saturated carbocycles. The van der Waals surface area contributed by atoms with Gasteiger partial charge in [0.1, 0.15) is 22.5 Å². The fraction of sp³-hybridized carbons (Fsp3) is 0.273. The number of carboxylic acids is 1. The van der Waals surface area contributed by atoms with Gasteiger partial charge in [0, 0.05) is 17.7 Å². The Balaban J connectivity index is 1.81. The first-order valence-corrected chi connectivity index (χ1v) is 10.2. The van der Waals surface area contributed by atoms with Gasteiger partial charge in [-0.05, 0) is 31.3 Å². The highest BCUT2D eigenvalue weighted by molar-refractivity contribution is 5.89. The van der Waals surface area contributed by atoms with Crippen LogP contribution in [0.2, 0.25) is 0 Å². The van der Waals surface area contributed by atoms with Crippen molar-refractivity contribution in [2.24, 2.45) is 0 Å². The van der Waals surface area contributed by atoms with Gasteiger partial charge in [0.15, 0.2) is 29.1 Å². The summed E-state index contributed by atoms with van der Waals surface area (Å²) in [5.41, 5.74) is -3.59. The van der Waals surface area contributed by atoms with E-state index < -0.39 is 64.0 Å². The number of phenolic OH excluding ortho intramolecular Hbond substituents is 3. The predicted molar refractivity (Wildman–Crippen MR) is 117 cm³/mol. The Labute approximate surface area is 200 Å². The summed E-state index contributed by atoms with van der Waals surface area (Å²) in [5.74, 6) is -8.16. The first-order chi connectivity index (χ1) is 16.8. The van der Waals surface area contributed by atoms with Gasteiger partial charge in [-0.1, -0.05) is 0 Å². The lowest BCUT2D eigenvalue weighted by Gasteiger charge is -2.49. The lowest BCUT2D eigenvalue weighted by Crippen LogP contribution is -2.78. The maximum absolute atomic E-state index is 12.6. The Hall–Kier alpha value is -3.92. The van der Waals surface area contributed by atoms with Gasteiger partial charge in [-0.25, -0.2) is 4.79 Å². The number of fused-ring (bicyclic) bond motifs is 1. The minimum absolute atomic E-state index is 0.00502. The molecular formula is C22H21NO13. The van der Waals surface area contributed by atoms with Crippen LogP contribution >= 0.6 is 0 Å². The van der Waals surface area contributed by atoms with E-state index in [0.717, 1.165) is 19.2 Å². The number of hydrogen-bond donors (Lipinski definition) is 9. The van der Waals surface area contributed by atoms with Crippen LogP contribution < -0.4 is 15.5 Å². The van der Waals surface area contributed by atoms with E-state index in [1.54, 1.807) is 0 Å². The zero-order chi connectivity index (χ0) is 26.6. The first-order valence-electron chi connectivity index (χ1n) is 10.2. The molecule has 14 nitrogen and oxygen atoms in total. The highest BCUT2D eigenvalue weighted by Crippen LogP contribution is 2.43. The Bertz CT molecular complexity index is 1380. The number of benzene rings is 2. The van der Waals surface area contributed by atoms with Gasteiger partial charge in [0.2, 0.25) is 17.8 Å². The summed E-state index contributed by atoms with van der Waals surface area (Å²) < 4.78 is 16.0. The molecule has 3 aromatic rings. The van der Waals surface area contributed by atoms with Gasteiger partial charge in [0.25, 0.3) is 5.72 Å². The summed E-state index contributed by atoms with van der Waals surface area (Å²) in [6, 6.07) is 7.51. The molecule has 0 spiro atoms. The summed E-state index contributed by atoms with van der Waals surface area (Å²) in [7, 11) is 1.01. The second-order valence-corrected chi connectivity index (χ2v) is 7.99. The van der Waals surface area contributed by atoms with Crippen LogP contribution in [0.5, 0.6) is 23.0 Å². The van der Waals surface area contributed by atoms with E-state index in [2.05, 4.69) is 5.32 Å². The van der Waals surface area contributed by atoms with Crippen molar-refractivity contribution < 1.29 is 59.5 Å². The average Bonchev–Trinajstić information content (AvgIpc) is 2.83. The second kappa shape index (κ2) is 8.63. The van der Waals surface area contributed by atoms with Crippen LogP contribution in [0.25, 0.3) is 22.3 Å². The number of aromatic hydroxyl groups is 3. The average molecular weight is 507 g/mol. The molecule has 1 aromatic heterocycles. The molecule has 9 N–H and O–H groups in total. The SMILES string of the molecule is CN[C@]1(C(=O)O)O[C@@H](Oc2cc3oc(-c4ccc(O)cc4)cc(=O)c3c(O)c2O)[C@H](O)C(O)(O)[C@@H]1O. The quantitative estimate of drug-likeness (QED) is 0.144. The number of rotatable bonds is 5. The molecule has 36 heavy (non-hydrogen) atoms. The molecule has 4 atom stereocenters. The summed E-state index contributed by atoms with van der Waals surface area (Å²) >= 11 is 0. The van der Waals surface area contributed by atoms with Crippen LogP contribution in [0.3, 0.4) is 0 Å². The van der Waals surface area contributed by atoms with E-state index in [4.69, 9.17) is 13.9 Å². The highest BCUT2D eigenvalue weighted by atomic mass is 16.7. The Morgan fingerprint density at radius 1 is 1.06 bits per heavy atom. The molecule has 1 fully saturated rings. The molecule has 0 radical (unpaired) electrons. The van der Waals surface area contributed by atoms with Gasteiger partial charge < -0.3 is 54.7 Å². The number of ether oxygens (including phenoxy) is 2. The molecule has 192 valence electrons. The zero-order valence-corrected chi connectivity index (χ0v) is 18.3. The highest BCUT2D eigenvalue weighted by Gasteiger charge is 2.66. The third-order valence-electron chi connectivity index (χ3n) is 5.80. The molecule has 2 heterocycles. The van der Waals surface area contributed by atoms with Crippen molar-refractivity contribution in [1.82, 2.24) is 5.32 Å². The maximum atomic E-state index is 12.6. The van der Waals surface area contributed by atoms with Gasteiger partial charge in [-0.2, -0.15) is 0 Å². The van der Waals surface area contributed by atoms with E-state index in [0.29, 0.717) is 5.56 Å². The zero-order valence-electron chi connectivity index (χ0n) is 18.3. The Kier molecular flexibility index (Phi) is 6.04. The molecule has 0 amide bonds. The van der Waals surface area contributed by atoms with E-state index in [9.17, 15) is 50.4 Å². The fourth-order valence-electron chi connectivity index (χ4n) is 3.78. The monoisotopic (exact) mass is 507 g/mol. The molecule has 0 unspecified atom stereocenters. The van der Waals surface area contributed by atoms with Crippen molar-refractivity contribution >= 4 is 16.9 Å². The van der Waals surface area contributed by atoms with Crippen LogP contribution in [-0.4, -0.2) is 83.9 Å². The molecule has 1 saturated heterocycles. The molecule has 0 aliphatic carbocycles. The smallest absolute Gasteiger partial charge is 0.354 e. The Morgan fingerprint density at radius 2 is 1.69 bits per heavy atom. The van der Waals surface area contributed by atoms with Crippen LogP contribution in [0.1, 0.15) is 0 Å². The number of carbonyl (C=O) groups is 1. The number of likely N-dealkylation sites (N-methyl/N-ethyl adjacent to an activating group) is 1. The van der Waals surface area contributed by atoms with Crippen molar-refractivity contribution in [3.05, 3.63) is 46.6 Å². The van der Waals surface area contributed by atoms with Gasteiger partial charge in [-0.3, -0.25) is 10.1 Å². The lowest BCUT2D eigenvalue weighted by molar-refractivity contribution is -0.397. The molecule has 4 rings (SSSR count). The van der Waals surface area contributed by atoms with Crippen LogP contribution in [0.4, 0.5) is 0 Å². The van der Waals surface area contributed by atoms with Crippen molar-refractivity contribution in [2.45, 2.75) is 30.0 Å². The van der Waals surface area contributed by atoms with Gasteiger partial charge in [-0.15, -0.1) is 0 Å². The molecule has 1 aliphatic heterocycles. The molecular weight excluding hydrogens is 486 g/mol. The maximum Gasteiger partial charge on any atom is 0.354 e. The van der Waals surface area contributed by atoms with E-state index >= 15 is 0 Å². The number of aliphatic carboxylic acids is 1. The number of aliphatic hydroxyl groups excluding tert-OH is 2. The van der Waals surface area contributed by atoms with Crippen molar-refractivity contribution in [1.29, 1.82) is 0 Å². The summed E-state index contributed by atoms with van der Waals surface area (Å²) in [6.07, 6.45) is -7.34. The van der Waals surface area contributed by atoms with Crippen molar-refractivity contribution in [3.63, 3.8) is 0 Å². The fourth-order valence-corrected chi connectivity index (χ4v) is 3.78. The molecule has 2 aromatic carbocycles. The lowest BCUT2D eigenvalue weighted by atomic mass is 9.90. The second-order valence-electron chi connectivity index (χ2n) is 7.99. The molecule has 0 bridgehead atoms. The predicted octanol–water partition coefficient (Wildman–Crippen LogP) is -1.29. The van der Waals surface area contributed by atoms with Crippen molar-refractivity contribution in [2.75, 3.05) is 7.05 Å². The third-order valence-corrected chi connectivity index (χ3v) is 5.80. The number of nitrogens with one attached hydrogen (secondary N) is 1. The molecule has 14 heteroatoms. The number of carboxylic acid groups (broad SMARTS) is 1. The van der Waals surface area contributed by atoms with Crippen LogP contribution in [0, 0.1) is 0 Å². The standard InChI is InChI=1S/C22H21NO13/c1-23-21(20(30)31)19(29)22(32,33)17(28)18(36-21)35-13-7-12-14(16(27)15(13)26)10(25)6-11(34-12)8-2-4-9(24)5-3-8/h2-7,17-19,23-24,26-29,32-33H,1H3,(H,30,31)/t17-,18+,19+,21-/m0/s1. The van der Waals surface area contributed by atoms with E-state index in [-0.39, 0.29) is 17.1 Å². The third kappa shape index (κ3) is 3.78. The molecule has 1 aliphatic rings. The topological polar surface area (TPSA) is 240 Å². The summed E-state index contributed by atoms with van der Waals surface area (Å²) in [5, 5.41) is 82.3. The summed E-state index contributed by atoms with van der Waals surface area (Å²) in [6.45, 7) is 0. The first kappa shape index (κ1) is 25.2. The van der Waals surface area contributed by atoms with Gasteiger partial charge in [0.05, 0.1) is 0 Å². The van der Waals surface area contributed by atoms with Gasteiger partial charge >= 0.3 is 5.97 Å². The Morgan fingerprint density at radius 3 is 2.28 bits per heavy atom. The van der Waals surface area contributed by atoms with E-state index in [1.165, 1.54) is 24.3 Å².